The molecule has 1 aromatic rings. The number of nitrogens with one attached hydrogen (secondary N) is 1. The molecule has 1 aromatic carbocycles. The van der Waals surface area contributed by atoms with E-state index in [1.54, 1.807) is 31.2 Å². The first-order valence-corrected chi connectivity index (χ1v) is 7.85. The Balaban J connectivity index is 1.99. The molecule has 0 heterocycles. The standard InChI is InChI=1S/C16H22ClNO3/c1-11(19)15(13-9-5-6-10-14(13)17)21-16(20)18-12-7-3-2-4-8-12/h5-6,9-12,15,19H,2-4,7-8H2,1H3,(H,18,20)/t11-,15+/m1/s1. The number of ether oxygens (including phenoxy) is 1. The van der Waals surface area contributed by atoms with Crippen molar-refractivity contribution in [2.45, 2.75) is 57.3 Å². The van der Waals surface area contributed by atoms with Crippen LogP contribution in [0, 0.1) is 0 Å². The molecule has 21 heavy (non-hydrogen) atoms. The van der Waals surface area contributed by atoms with E-state index in [-0.39, 0.29) is 6.04 Å². The van der Waals surface area contributed by atoms with E-state index in [9.17, 15) is 9.90 Å². The maximum atomic E-state index is 12.0. The quantitative estimate of drug-likeness (QED) is 0.888. The second-order valence-electron chi connectivity index (χ2n) is 5.57. The predicted molar refractivity (Wildman–Crippen MR) is 82.4 cm³/mol. The number of amides is 1. The summed E-state index contributed by atoms with van der Waals surface area (Å²) in [6.07, 6.45) is 3.38. The third kappa shape index (κ3) is 4.61. The smallest absolute Gasteiger partial charge is 0.408 e. The van der Waals surface area contributed by atoms with Crippen LogP contribution in [-0.2, 0) is 4.74 Å². The fraction of sp³-hybridized carbons (Fsp3) is 0.562. The molecule has 116 valence electrons. The highest BCUT2D eigenvalue weighted by Gasteiger charge is 2.25. The van der Waals surface area contributed by atoms with Crippen LogP contribution >= 0.6 is 11.6 Å². The minimum absolute atomic E-state index is 0.173. The Morgan fingerprint density at radius 3 is 2.62 bits per heavy atom. The van der Waals surface area contributed by atoms with E-state index >= 15 is 0 Å². The maximum absolute atomic E-state index is 12.0. The average Bonchev–Trinajstić information content (AvgIpc) is 2.46. The number of carbonyl (C=O) groups is 1. The van der Waals surface area contributed by atoms with E-state index in [4.69, 9.17) is 16.3 Å². The lowest BCUT2D eigenvalue weighted by Crippen LogP contribution is -2.38. The van der Waals surface area contributed by atoms with Crippen LogP contribution in [0.1, 0.15) is 50.7 Å². The summed E-state index contributed by atoms with van der Waals surface area (Å²) in [6, 6.07) is 7.25. The summed E-state index contributed by atoms with van der Waals surface area (Å²) in [6.45, 7) is 1.59. The SMILES string of the molecule is C[C@@H](O)[C@H](OC(=O)NC1CCCCC1)c1ccccc1Cl. The summed E-state index contributed by atoms with van der Waals surface area (Å²) in [5, 5.41) is 13.2. The molecule has 0 unspecified atom stereocenters. The lowest BCUT2D eigenvalue weighted by molar-refractivity contribution is 0.00901. The maximum Gasteiger partial charge on any atom is 0.408 e. The summed E-state index contributed by atoms with van der Waals surface area (Å²) in [5.41, 5.74) is 0.618. The Hall–Kier alpha value is -1.26. The van der Waals surface area contributed by atoms with E-state index in [2.05, 4.69) is 5.32 Å². The molecule has 1 fully saturated rings. The van der Waals surface area contributed by atoms with Crippen LogP contribution in [0.15, 0.2) is 24.3 Å². The number of rotatable bonds is 4. The topological polar surface area (TPSA) is 58.6 Å². The fourth-order valence-corrected chi connectivity index (χ4v) is 2.93. The van der Waals surface area contributed by atoms with Crippen LogP contribution in [0.5, 0.6) is 0 Å². The van der Waals surface area contributed by atoms with Gasteiger partial charge in [-0.3, -0.25) is 0 Å². The van der Waals surface area contributed by atoms with Crippen molar-refractivity contribution in [3.8, 4) is 0 Å². The minimum Gasteiger partial charge on any atom is -0.439 e. The predicted octanol–water partition coefficient (Wildman–Crippen LogP) is 3.82. The van der Waals surface area contributed by atoms with Gasteiger partial charge in [-0.1, -0.05) is 49.1 Å². The van der Waals surface area contributed by atoms with Crippen LogP contribution in [0.4, 0.5) is 4.79 Å². The number of aliphatic hydroxyl groups excluding tert-OH is 1. The van der Waals surface area contributed by atoms with Gasteiger partial charge in [0.15, 0.2) is 6.10 Å². The van der Waals surface area contributed by atoms with Gasteiger partial charge in [0.05, 0.1) is 6.10 Å². The van der Waals surface area contributed by atoms with Crippen molar-refractivity contribution < 1.29 is 14.6 Å². The number of carbonyl (C=O) groups excluding carboxylic acids is 1. The molecule has 0 radical (unpaired) electrons. The minimum atomic E-state index is -0.831. The summed E-state index contributed by atoms with van der Waals surface area (Å²) in [4.78, 5) is 12.0. The number of hydrogen-bond acceptors (Lipinski definition) is 3. The third-order valence-corrected chi connectivity index (χ3v) is 4.16. The summed E-state index contributed by atoms with van der Waals surface area (Å²) in [7, 11) is 0. The Bertz CT molecular complexity index is 472. The van der Waals surface area contributed by atoms with Gasteiger partial charge in [-0.05, 0) is 25.8 Å². The second-order valence-corrected chi connectivity index (χ2v) is 5.97. The zero-order valence-corrected chi connectivity index (χ0v) is 13.0. The molecular formula is C16H22ClNO3. The van der Waals surface area contributed by atoms with Crippen molar-refractivity contribution in [3.63, 3.8) is 0 Å². The van der Waals surface area contributed by atoms with Crippen LogP contribution in [0.25, 0.3) is 0 Å². The Labute approximate surface area is 130 Å². The van der Waals surface area contributed by atoms with Crippen molar-refractivity contribution in [1.82, 2.24) is 5.32 Å². The fourth-order valence-electron chi connectivity index (χ4n) is 2.69. The van der Waals surface area contributed by atoms with Crippen molar-refractivity contribution in [3.05, 3.63) is 34.9 Å². The zero-order chi connectivity index (χ0) is 15.2. The van der Waals surface area contributed by atoms with Gasteiger partial charge >= 0.3 is 6.09 Å². The molecular weight excluding hydrogens is 290 g/mol. The van der Waals surface area contributed by atoms with Gasteiger partial charge in [-0.15, -0.1) is 0 Å². The van der Waals surface area contributed by atoms with Crippen molar-refractivity contribution in [2.24, 2.45) is 0 Å². The van der Waals surface area contributed by atoms with Crippen LogP contribution in [0.2, 0.25) is 5.02 Å². The molecule has 0 aromatic heterocycles. The molecule has 1 aliphatic rings. The lowest BCUT2D eigenvalue weighted by Gasteiger charge is -2.26. The van der Waals surface area contributed by atoms with Gasteiger partial charge in [0.25, 0.3) is 0 Å². The first-order chi connectivity index (χ1) is 10.1. The van der Waals surface area contributed by atoms with Gasteiger partial charge in [-0.25, -0.2) is 4.79 Å². The zero-order valence-electron chi connectivity index (χ0n) is 12.2. The third-order valence-electron chi connectivity index (χ3n) is 3.81. The number of hydrogen-bond donors (Lipinski definition) is 2. The molecule has 2 rings (SSSR count). The summed E-state index contributed by atoms with van der Waals surface area (Å²) >= 11 is 6.12. The molecule has 2 atom stereocenters. The first-order valence-electron chi connectivity index (χ1n) is 7.47. The van der Waals surface area contributed by atoms with Crippen molar-refractivity contribution in [1.29, 1.82) is 0 Å². The lowest BCUT2D eigenvalue weighted by atomic mass is 9.96. The highest BCUT2D eigenvalue weighted by molar-refractivity contribution is 6.31. The molecule has 0 bridgehead atoms. The van der Waals surface area contributed by atoms with Crippen LogP contribution in [0.3, 0.4) is 0 Å². The number of alkyl carbamates (subject to hydrolysis) is 1. The summed E-state index contributed by atoms with van der Waals surface area (Å²) in [5.74, 6) is 0. The van der Waals surface area contributed by atoms with Gasteiger partial charge < -0.3 is 15.2 Å². The molecule has 0 aliphatic heterocycles. The molecule has 1 saturated carbocycles. The van der Waals surface area contributed by atoms with Gasteiger partial charge in [-0.2, -0.15) is 0 Å². The highest BCUT2D eigenvalue weighted by atomic mass is 35.5. The molecule has 5 heteroatoms. The molecule has 1 aliphatic carbocycles. The number of halogens is 1. The Kier molecular flexibility index (Phi) is 5.88. The number of aliphatic hydroxyl groups is 1. The van der Waals surface area contributed by atoms with E-state index in [1.807, 2.05) is 0 Å². The monoisotopic (exact) mass is 311 g/mol. The van der Waals surface area contributed by atoms with Gasteiger partial charge in [0, 0.05) is 16.6 Å². The molecule has 0 saturated heterocycles. The van der Waals surface area contributed by atoms with Gasteiger partial charge in [0.2, 0.25) is 0 Å². The molecule has 4 nitrogen and oxygen atoms in total. The van der Waals surface area contributed by atoms with Gasteiger partial charge in [0.1, 0.15) is 0 Å². The average molecular weight is 312 g/mol. The first kappa shape index (κ1) is 16.1. The summed E-state index contributed by atoms with van der Waals surface area (Å²) < 4.78 is 5.40. The highest BCUT2D eigenvalue weighted by Crippen LogP contribution is 2.28. The molecule has 2 N–H and O–H groups in total. The molecule has 1 amide bonds. The van der Waals surface area contributed by atoms with E-state index < -0.39 is 18.3 Å². The van der Waals surface area contributed by atoms with Crippen LogP contribution < -0.4 is 5.32 Å². The van der Waals surface area contributed by atoms with E-state index in [0.717, 1.165) is 25.7 Å². The largest absolute Gasteiger partial charge is 0.439 e. The second kappa shape index (κ2) is 7.66. The Morgan fingerprint density at radius 2 is 2.00 bits per heavy atom. The molecule has 0 spiro atoms. The number of benzene rings is 1. The van der Waals surface area contributed by atoms with E-state index in [1.165, 1.54) is 6.42 Å². The van der Waals surface area contributed by atoms with Crippen molar-refractivity contribution >= 4 is 17.7 Å². The van der Waals surface area contributed by atoms with Crippen LogP contribution in [-0.4, -0.2) is 23.3 Å². The Morgan fingerprint density at radius 1 is 1.33 bits per heavy atom. The van der Waals surface area contributed by atoms with E-state index in [0.29, 0.717) is 10.6 Å². The van der Waals surface area contributed by atoms with Crippen molar-refractivity contribution in [2.75, 3.05) is 0 Å². The normalized spacial score (nSPS) is 18.8.